The Morgan fingerprint density at radius 1 is 0.852 bits per heavy atom. The fraction of sp³-hybridized carbons (Fsp3) is 0.348. The Labute approximate surface area is 158 Å². The van der Waals surface area contributed by atoms with Crippen LogP contribution in [0.1, 0.15) is 46.1 Å². The molecule has 1 saturated carbocycles. The molecule has 136 valence electrons. The molecular formula is C23H21NO3. The van der Waals surface area contributed by atoms with E-state index in [4.69, 9.17) is 0 Å². The maximum atomic E-state index is 13.4. The molecule has 0 unspecified atom stereocenters. The van der Waals surface area contributed by atoms with Crippen molar-refractivity contribution in [1.29, 1.82) is 0 Å². The van der Waals surface area contributed by atoms with Gasteiger partial charge in [-0.05, 0) is 43.0 Å². The molecule has 0 aromatic heterocycles. The number of hydrogen-bond acceptors (Lipinski definition) is 3. The molecule has 4 heteroatoms. The van der Waals surface area contributed by atoms with Crippen LogP contribution in [0.5, 0.6) is 0 Å². The van der Waals surface area contributed by atoms with Gasteiger partial charge in [0, 0.05) is 12.3 Å². The first kappa shape index (κ1) is 16.4. The van der Waals surface area contributed by atoms with E-state index in [9.17, 15) is 14.4 Å². The third-order valence-corrected chi connectivity index (χ3v) is 6.55. The van der Waals surface area contributed by atoms with Crippen molar-refractivity contribution in [3.63, 3.8) is 0 Å². The van der Waals surface area contributed by atoms with Crippen molar-refractivity contribution in [2.75, 3.05) is 4.90 Å². The van der Waals surface area contributed by atoms with Crippen LogP contribution < -0.4 is 4.90 Å². The summed E-state index contributed by atoms with van der Waals surface area (Å²) in [5.74, 6) is -1.90. The van der Waals surface area contributed by atoms with Crippen molar-refractivity contribution >= 4 is 23.3 Å². The van der Waals surface area contributed by atoms with Gasteiger partial charge in [-0.2, -0.15) is 0 Å². The Bertz CT molecular complexity index is 1010. The Morgan fingerprint density at radius 2 is 1.44 bits per heavy atom. The number of carbonyl (C=O) groups is 3. The summed E-state index contributed by atoms with van der Waals surface area (Å²) in [5, 5.41) is 0. The molecule has 0 N–H and O–H groups in total. The van der Waals surface area contributed by atoms with Gasteiger partial charge < -0.3 is 0 Å². The number of ketones is 1. The summed E-state index contributed by atoms with van der Waals surface area (Å²) in [4.78, 5) is 41.0. The van der Waals surface area contributed by atoms with E-state index >= 15 is 0 Å². The van der Waals surface area contributed by atoms with Gasteiger partial charge in [-0.25, -0.2) is 4.90 Å². The largest absolute Gasteiger partial charge is 0.299 e. The first-order chi connectivity index (χ1) is 12.9. The van der Waals surface area contributed by atoms with Crippen LogP contribution in [0.2, 0.25) is 0 Å². The number of aryl methyl sites for hydroxylation is 3. The fourth-order valence-corrected chi connectivity index (χ4v) is 5.70. The van der Waals surface area contributed by atoms with Gasteiger partial charge in [0.15, 0.2) is 0 Å². The monoisotopic (exact) mass is 359 g/mol. The van der Waals surface area contributed by atoms with Crippen LogP contribution in [0.25, 0.3) is 0 Å². The summed E-state index contributed by atoms with van der Waals surface area (Å²) in [5.41, 5.74) is 5.66. The summed E-state index contributed by atoms with van der Waals surface area (Å²) in [7, 11) is 0. The van der Waals surface area contributed by atoms with E-state index in [1.165, 1.54) is 4.90 Å². The van der Waals surface area contributed by atoms with Crippen molar-refractivity contribution in [3.8, 4) is 0 Å². The molecule has 4 atom stereocenters. The summed E-state index contributed by atoms with van der Waals surface area (Å²) in [6, 6.07) is 11.8. The van der Waals surface area contributed by atoms with E-state index in [-0.39, 0.29) is 23.5 Å². The molecule has 2 aromatic carbocycles. The zero-order valence-corrected chi connectivity index (χ0v) is 15.7. The number of amides is 2. The number of carbonyl (C=O) groups excluding carboxylic acids is 3. The topological polar surface area (TPSA) is 54.5 Å². The zero-order chi connectivity index (χ0) is 19.0. The normalized spacial score (nSPS) is 28.6. The molecule has 2 aromatic rings. The molecular weight excluding hydrogens is 338 g/mol. The molecule has 1 saturated heterocycles. The molecule has 1 aliphatic heterocycles. The minimum Gasteiger partial charge on any atom is -0.299 e. The highest BCUT2D eigenvalue weighted by molar-refractivity contribution is 6.25. The van der Waals surface area contributed by atoms with Gasteiger partial charge >= 0.3 is 0 Å². The Hall–Kier alpha value is -2.75. The lowest BCUT2D eigenvalue weighted by molar-refractivity contribution is -0.134. The van der Waals surface area contributed by atoms with Gasteiger partial charge in [0.1, 0.15) is 5.78 Å². The van der Waals surface area contributed by atoms with Gasteiger partial charge in [0.25, 0.3) is 0 Å². The number of rotatable bonds is 1. The van der Waals surface area contributed by atoms with Crippen LogP contribution >= 0.6 is 0 Å². The molecule has 2 amide bonds. The van der Waals surface area contributed by atoms with Crippen molar-refractivity contribution in [3.05, 3.63) is 64.2 Å². The van der Waals surface area contributed by atoms with Crippen LogP contribution in [0.3, 0.4) is 0 Å². The average molecular weight is 359 g/mol. The van der Waals surface area contributed by atoms with Crippen molar-refractivity contribution in [2.45, 2.75) is 39.0 Å². The summed E-state index contributed by atoms with van der Waals surface area (Å²) < 4.78 is 0. The Morgan fingerprint density at radius 3 is 2.11 bits per heavy atom. The van der Waals surface area contributed by atoms with E-state index in [0.29, 0.717) is 12.1 Å². The lowest BCUT2D eigenvalue weighted by Gasteiger charge is -2.43. The first-order valence-electron chi connectivity index (χ1n) is 9.47. The second-order valence-corrected chi connectivity index (χ2v) is 8.19. The second-order valence-electron chi connectivity index (χ2n) is 8.19. The maximum absolute atomic E-state index is 13.4. The predicted molar refractivity (Wildman–Crippen MR) is 102 cm³/mol. The molecule has 3 aliphatic carbocycles. The maximum Gasteiger partial charge on any atom is 0.238 e. The van der Waals surface area contributed by atoms with Crippen LogP contribution in [0, 0.1) is 32.6 Å². The first-order valence-corrected chi connectivity index (χ1v) is 9.47. The Kier molecular flexibility index (Phi) is 3.27. The van der Waals surface area contributed by atoms with Crippen LogP contribution in [0.15, 0.2) is 36.4 Å². The molecule has 2 fully saturated rings. The number of imide groups is 1. The number of Topliss-reactive ketones (excluding diaryl/α,β-unsaturated/α-hetero) is 1. The second kappa shape index (κ2) is 5.38. The van der Waals surface area contributed by atoms with Crippen molar-refractivity contribution < 1.29 is 14.4 Å². The number of anilines is 1. The van der Waals surface area contributed by atoms with Gasteiger partial charge in [-0.15, -0.1) is 0 Å². The highest BCUT2D eigenvalue weighted by Crippen LogP contribution is 2.58. The average Bonchev–Trinajstić information content (AvgIpc) is 2.87. The van der Waals surface area contributed by atoms with Crippen LogP contribution in [-0.4, -0.2) is 17.6 Å². The number of benzene rings is 2. The SMILES string of the molecule is Cc1cc(C)c(N2C(=O)[C@@H]3[C@H](C2=O)[C@H]2C(=O)C[C@H]3c3ccccc32)c(C)c1. The smallest absolute Gasteiger partial charge is 0.238 e. The van der Waals surface area contributed by atoms with Gasteiger partial charge in [-0.3, -0.25) is 14.4 Å². The van der Waals surface area contributed by atoms with Crippen molar-refractivity contribution in [2.24, 2.45) is 11.8 Å². The van der Waals surface area contributed by atoms with Gasteiger partial charge in [0.05, 0.1) is 23.4 Å². The van der Waals surface area contributed by atoms with E-state index in [2.05, 4.69) is 0 Å². The summed E-state index contributed by atoms with van der Waals surface area (Å²) >= 11 is 0. The minimum absolute atomic E-state index is 0.0975. The van der Waals surface area contributed by atoms with E-state index in [1.807, 2.05) is 57.2 Å². The number of hydrogen-bond donors (Lipinski definition) is 0. The highest BCUT2D eigenvalue weighted by Gasteiger charge is 2.62. The summed E-state index contributed by atoms with van der Waals surface area (Å²) in [6.45, 7) is 5.88. The Balaban J connectivity index is 1.68. The zero-order valence-electron chi connectivity index (χ0n) is 15.7. The molecule has 6 rings (SSSR count). The predicted octanol–water partition coefficient (Wildman–Crippen LogP) is 3.57. The molecule has 0 spiro atoms. The molecule has 0 radical (unpaired) electrons. The number of nitrogens with zero attached hydrogens (tertiary/aromatic N) is 1. The van der Waals surface area contributed by atoms with Gasteiger partial charge in [0.2, 0.25) is 11.8 Å². The molecule has 4 nitrogen and oxygen atoms in total. The fourth-order valence-electron chi connectivity index (χ4n) is 5.70. The van der Waals surface area contributed by atoms with Gasteiger partial charge in [-0.1, -0.05) is 42.0 Å². The number of fused-ring (bicyclic) bond motifs is 1. The van der Waals surface area contributed by atoms with E-state index in [1.54, 1.807) is 0 Å². The minimum atomic E-state index is -0.557. The van der Waals surface area contributed by atoms with Crippen LogP contribution in [0.4, 0.5) is 5.69 Å². The van der Waals surface area contributed by atoms with Crippen molar-refractivity contribution in [1.82, 2.24) is 0 Å². The summed E-state index contributed by atoms with van der Waals surface area (Å²) in [6.07, 6.45) is 0.363. The molecule has 4 aliphatic rings. The standard InChI is InChI=1S/C23H21NO3/c1-11-8-12(2)21(13(3)9-11)24-22(26)19-16-10-17(25)18(20(19)23(24)27)15-7-5-4-6-14(15)16/h4-9,16,18-20H,10H2,1-3H3/t16-,18+,19-,20+/m0/s1. The molecule has 1 heterocycles. The quantitative estimate of drug-likeness (QED) is 0.732. The van der Waals surface area contributed by atoms with Crippen LogP contribution in [-0.2, 0) is 14.4 Å². The molecule has 27 heavy (non-hydrogen) atoms. The van der Waals surface area contributed by atoms with E-state index in [0.717, 1.165) is 27.8 Å². The molecule has 2 bridgehead atoms. The lowest BCUT2D eigenvalue weighted by Crippen LogP contribution is -2.44. The third-order valence-electron chi connectivity index (χ3n) is 6.55. The van der Waals surface area contributed by atoms with E-state index < -0.39 is 17.8 Å². The highest BCUT2D eigenvalue weighted by atomic mass is 16.2. The third kappa shape index (κ3) is 2.01. The lowest BCUT2D eigenvalue weighted by atomic mass is 9.56.